The van der Waals surface area contributed by atoms with E-state index in [9.17, 15) is 0 Å². The SMILES string of the molecule is Cc1cc(Cl)c2nn(-c3ccccc3)c(C)c2n1. The summed E-state index contributed by atoms with van der Waals surface area (Å²) in [6.45, 7) is 3.94. The normalized spacial score (nSPS) is 11.1. The zero-order chi connectivity index (χ0) is 12.7. The van der Waals surface area contributed by atoms with E-state index in [0.717, 1.165) is 28.1 Å². The Hall–Kier alpha value is -1.87. The summed E-state index contributed by atoms with van der Waals surface area (Å²) in [5.74, 6) is 0. The molecule has 3 nitrogen and oxygen atoms in total. The smallest absolute Gasteiger partial charge is 0.130 e. The van der Waals surface area contributed by atoms with Gasteiger partial charge in [-0.3, -0.25) is 0 Å². The van der Waals surface area contributed by atoms with Crippen LogP contribution in [0.2, 0.25) is 5.02 Å². The molecule has 0 N–H and O–H groups in total. The lowest BCUT2D eigenvalue weighted by molar-refractivity contribution is 0.860. The molecule has 0 amide bonds. The summed E-state index contributed by atoms with van der Waals surface area (Å²) in [5.41, 5.74) is 4.54. The molecule has 0 unspecified atom stereocenters. The summed E-state index contributed by atoms with van der Waals surface area (Å²) in [6, 6.07) is 11.8. The molecule has 0 aliphatic carbocycles. The summed E-state index contributed by atoms with van der Waals surface area (Å²) in [4.78, 5) is 4.51. The highest BCUT2D eigenvalue weighted by Crippen LogP contribution is 2.26. The molecule has 0 aliphatic rings. The highest BCUT2D eigenvalue weighted by molar-refractivity contribution is 6.35. The molecule has 0 atom stereocenters. The minimum absolute atomic E-state index is 0.648. The van der Waals surface area contributed by atoms with Gasteiger partial charge in [0.25, 0.3) is 0 Å². The first-order chi connectivity index (χ1) is 8.66. The van der Waals surface area contributed by atoms with Crippen LogP contribution in [-0.2, 0) is 0 Å². The molecule has 4 heteroatoms. The molecule has 2 heterocycles. The molecule has 3 rings (SSSR count). The van der Waals surface area contributed by atoms with Gasteiger partial charge in [0.2, 0.25) is 0 Å². The third kappa shape index (κ3) is 1.68. The van der Waals surface area contributed by atoms with Gasteiger partial charge < -0.3 is 0 Å². The second kappa shape index (κ2) is 4.10. The number of aryl methyl sites for hydroxylation is 2. The van der Waals surface area contributed by atoms with Gasteiger partial charge in [-0.15, -0.1) is 0 Å². The number of para-hydroxylation sites is 1. The predicted molar refractivity (Wildman–Crippen MR) is 73.3 cm³/mol. The number of rotatable bonds is 1. The zero-order valence-corrected chi connectivity index (χ0v) is 10.9. The maximum Gasteiger partial charge on any atom is 0.130 e. The van der Waals surface area contributed by atoms with Crippen LogP contribution in [0.15, 0.2) is 36.4 Å². The average Bonchev–Trinajstić information content (AvgIpc) is 2.69. The van der Waals surface area contributed by atoms with Crippen molar-refractivity contribution >= 4 is 22.6 Å². The minimum Gasteiger partial charge on any atom is -0.249 e. The zero-order valence-electron chi connectivity index (χ0n) is 10.2. The van der Waals surface area contributed by atoms with Gasteiger partial charge in [-0.2, -0.15) is 5.10 Å². The first-order valence-corrected chi connectivity index (χ1v) is 6.12. The molecule has 0 saturated carbocycles. The minimum atomic E-state index is 0.648. The molecule has 0 bridgehead atoms. The van der Waals surface area contributed by atoms with E-state index >= 15 is 0 Å². The largest absolute Gasteiger partial charge is 0.249 e. The standard InChI is InChI=1S/C14H12ClN3/c1-9-8-12(15)14-13(16-9)10(2)18(17-14)11-6-4-3-5-7-11/h3-8H,1-2H3. The van der Waals surface area contributed by atoms with Crippen LogP contribution in [0.25, 0.3) is 16.7 Å². The van der Waals surface area contributed by atoms with Crippen LogP contribution in [0.1, 0.15) is 11.4 Å². The number of halogens is 1. The Morgan fingerprint density at radius 1 is 1.06 bits per heavy atom. The van der Waals surface area contributed by atoms with Crippen molar-refractivity contribution in [2.45, 2.75) is 13.8 Å². The first kappa shape index (κ1) is 11.2. The fourth-order valence-electron chi connectivity index (χ4n) is 2.07. The summed E-state index contributed by atoms with van der Waals surface area (Å²) >= 11 is 6.22. The van der Waals surface area contributed by atoms with Gasteiger partial charge in [-0.25, -0.2) is 9.67 Å². The lowest BCUT2D eigenvalue weighted by Crippen LogP contribution is -1.97. The van der Waals surface area contributed by atoms with E-state index in [-0.39, 0.29) is 0 Å². The van der Waals surface area contributed by atoms with Gasteiger partial charge in [0, 0.05) is 5.69 Å². The fraction of sp³-hybridized carbons (Fsp3) is 0.143. The van der Waals surface area contributed by atoms with Crippen molar-refractivity contribution in [2.75, 3.05) is 0 Å². The Bertz CT molecular complexity index is 717. The first-order valence-electron chi connectivity index (χ1n) is 5.75. The van der Waals surface area contributed by atoms with Crippen molar-refractivity contribution in [1.82, 2.24) is 14.8 Å². The van der Waals surface area contributed by atoms with Crippen LogP contribution >= 0.6 is 11.6 Å². The molecule has 0 spiro atoms. The maximum absolute atomic E-state index is 6.22. The van der Waals surface area contributed by atoms with E-state index in [1.54, 1.807) is 0 Å². The molecule has 0 saturated heterocycles. The number of nitrogens with zero attached hydrogens (tertiary/aromatic N) is 3. The second-order valence-corrected chi connectivity index (χ2v) is 4.68. The number of fused-ring (bicyclic) bond motifs is 1. The summed E-state index contributed by atoms with van der Waals surface area (Å²) < 4.78 is 1.88. The summed E-state index contributed by atoms with van der Waals surface area (Å²) in [7, 11) is 0. The number of hydrogen-bond donors (Lipinski definition) is 0. The quantitative estimate of drug-likeness (QED) is 0.666. The van der Waals surface area contributed by atoms with E-state index in [2.05, 4.69) is 10.1 Å². The van der Waals surface area contributed by atoms with Gasteiger partial charge in [0.1, 0.15) is 11.0 Å². The van der Waals surface area contributed by atoms with E-state index < -0.39 is 0 Å². The van der Waals surface area contributed by atoms with E-state index in [4.69, 9.17) is 11.6 Å². The molecule has 0 fully saturated rings. The van der Waals surface area contributed by atoms with Crippen molar-refractivity contribution in [1.29, 1.82) is 0 Å². The van der Waals surface area contributed by atoms with Gasteiger partial charge in [0.15, 0.2) is 0 Å². The van der Waals surface area contributed by atoms with Gasteiger partial charge >= 0.3 is 0 Å². The molecule has 0 radical (unpaired) electrons. The van der Waals surface area contributed by atoms with Crippen LogP contribution in [0.3, 0.4) is 0 Å². The second-order valence-electron chi connectivity index (χ2n) is 4.28. The molecule has 3 aromatic rings. The van der Waals surface area contributed by atoms with Gasteiger partial charge in [-0.05, 0) is 32.0 Å². The van der Waals surface area contributed by atoms with Gasteiger partial charge in [-0.1, -0.05) is 29.8 Å². The molecular formula is C14H12ClN3. The predicted octanol–water partition coefficient (Wildman–Crippen LogP) is 3.69. The van der Waals surface area contributed by atoms with Crippen LogP contribution in [0, 0.1) is 13.8 Å². The highest BCUT2D eigenvalue weighted by atomic mass is 35.5. The Labute approximate surface area is 110 Å². The molecule has 0 aliphatic heterocycles. The Balaban J connectivity index is 2.33. The molecule has 18 heavy (non-hydrogen) atoms. The van der Waals surface area contributed by atoms with E-state index in [0.29, 0.717) is 5.02 Å². The van der Waals surface area contributed by atoms with Crippen molar-refractivity contribution in [3.63, 3.8) is 0 Å². The average molecular weight is 258 g/mol. The van der Waals surface area contributed by atoms with E-state index in [1.807, 2.05) is 54.9 Å². The third-order valence-electron chi connectivity index (χ3n) is 2.94. The molecule has 1 aromatic carbocycles. The van der Waals surface area contributed by atoms with Crippen molar-refractivity contribution in [3.8, 4) is 5.69 Å². The number of pyridine rings is 1. The number of aromatic nitrogens is 3. The number of benzene rings is 1. The summed E-state index contributed by atoms with van der Waals surface area (Å²) in [5, 5.41) is 5.19. The van der Waals surface area contributed by atoms with Crippen molar-refractivity contribution in [3.05, 3.63) is 52.8 Å². The van der Waals surface area contributed by atoms with Crippen LogP contribution < -0.4 is 0 Å². The number of hydrogen-bond acceptors (Lipinski definition) is 2. The lowest BCUT2D eigenvalue weighted by Gasteiger charge is -2.02. The highest BCUT2D eigenvalue weighted by Gasteiger charge is 2.13. The molecule has 2 aromatic heterocycles. The maximum atomic E-state index is 6.22. The van der Waals surface area contributed by atoms with Crippen molar-refractivity contribution < 1.29 is 0 Å². The van der Waals surface area contributed by atoms with Crippen LogP contribution in [0.5, 0.6) is 0 Å². The Morgan fingerprint density at radius 3 is 2.50 bits per heavy atom. The van der Waals surface area contributed by atoms with Crippen molar-refractivity contribution in [2.24, 2.45) is 0 Å². The Kier molecular flexibility index (Phi) is 2.56. The third-order valence-corrected chi connectivity index (χ3v) is 3.22. The monoisotopic (exact) mass is 257 g/mol. The molecular weight excluding hydrogens is 246 g/mol. The van der Waals surface area contributed by atoms with E-state index in [1.165, 1.54) is 0 Å². The topological polar surface area (TPSA) is 30.7 Å². The lowest BCUT2D eigenvalue weighted by atomic mass is 10.3. The van der Waals surface area contributed by atoms with Gasteiger partial charge in [0.05, 0.1) is 16.4 Å². The van der Waals surface area contributed by atoms with Crippen LogP contribution in [-0.4, -0.2) is 14.8 Å². The Morgan fingerprint density at radius 2 is 1.78 bits per heavy atom. The fourth-order valence-corrected chi connectivity index (χ4v) is 2.35. The van der Waals surface area contributed by atoms with Crippen LogP contribution in [0.4, 0.5) is 0 Å². The summed E-state index contributed by atoms with van der Waals surface area (Å²) in [6.07, 6.45) is 0. The molecule has 90 valence electrons.